The van der Waals surface area contributed by atoms with Gasteiger partial charge in [0.2, 0.25) is 14.2 Å². The number of aliphatic hydroxyl groups excluding tert-OH is 1. The molecule has 0 saturated heterocycles. The monoisotopic (exact) mass is 221 g/mol. The lowest BCUT2D eigenvalue weighted by Gasteiger charge is -2.02. The minimum Gasteiger partial charge on any atom is -0.392 e. The van der Waals surface area contributed by atoms with Gasteiger partial charge in [0.15, 0.2) is 0 Å². The van der Waals surface area contributed by atoms with Crippen LogP contribution < -0.4 is 0 Å². The van der Waals surface area contributed by atoms with Gasteiger partial charge in [0.25, 0.3) is 0 Å². The van der Waals surface area contributed by atoms with Gasteiger partial charge in [-0.25, -0.2) is 13.4 Å². The molecule has 1 heterocycles. The standard InChI is InChI=1S/C7H11NO3S2/c1-5-3-12-7(8-5)13(10,11)4-6(2)9/h3,6,9H,4H2,1-2H3. The minimum absolute atomic E-state index is 0.0888. The molecule has 13 heavy (non-hydrogen) atoms. The van der Waals surface area contributed by atoms with Crippen LogP contribution in [0.25, 0.3) is 0 Å². The highest BCUT2D eigenvalue weighted by atomic mass is 32.2. The van der Waals surface area contributed by atoms with E-state index < -0.39 is 15.9 Å². The lowest BCUT2D eigenvalue weighted by Crippen LogP contribution is -2.17. The average molecular weight is 221 g/mol. The third-order valence-corrected chi connectivity index (χ3v) is 4.67. The molecule has 4 nitrogen and oxygen atoms in total. The molecule has 1 N–H and O–H groups in total. The highest BCUT2D eigenvalue weighted by Crippen LogP contribution is 2.17. The summed E-state index contributed by atoms with van der Waals surface area (Å²) in [6.45, 7) is 3.18. The molecule has 0 radical (unpaired) electrons. The van der Waals surface area contributed by atoms with E-state index in [1.807, 2.05) is 0 Å². The van der Waals surface area contributed by atoms with Crippen molar-refractivity contribution in [1.82, 2.24) is 4.98 Å². The third-order valence-electron chi connectivity index (χ3n) is 1.32. The largest absolute Gasteiger partial charge is 0.392 e. The molecule has 0 aliphatic carbocycles. The summed E-state index contributed by atoms with van der Waals surface area (Å²) in [6, 6.07) is 0. The summed E-state index contributed by atoms with van der Waals surface area (Å²) in [5.74, 6) is -0.264. The zero-order valence-corrected chi connectivity index (χ0v) is 9.02. The average Bonchev–Trinajstić information content (AvgIpc) is 2.32. The van der Waals surface area contributed by atoms with Gasteiger partial charge in [0.1, 0.15) is 0 Å². The van der Waals surface area contributed by atoms with Gasteiger partial charge in [0.05, 0.1) is 11.9 Å². The van der Waals surface area contributed by atoms with E-state index in [1.54, 1.807) is 12.3 Å². The van der Waals surface area contributed by atoms with Gasteiger partial charge in [-0.15, -0.1) is 11.3 Å². The minimum atomic E-state index is -3.38. The Morgan fingerprint density at radius 1 is 1.69 bits per heavy atom. The van der Waals surface area contributed by atoms with E-state index >= 15 is 0 Å². The second kappa shape index (κ2) is 3.73. The maximum Gasteiger partial charge on any atom is 0.209 e. The van der Waals surface area contributed by atoms with Crippen molar-refractivity contribution in [2.24, 2.45) is 0 Å². The fourth-order valence-corrected chi connectivity index (χ4v) is 3.38. The number of aryl methyl sites for hydroxylation is 1. The molecule has 0 aliphatic heterocycles. The highest BCUT2D eigenvalue weighted by molar-refractivity contribution is 7.93. The van der Waals surface area contributed by atoms with E-state index in [0.717, 1.165) is 11.3 Å². The van der Waals surface area contributed by atoms with Crippen LogP contribution in [0.2, 0.25) is 0 Å². The molecule has 1 atom stereocenters. The lowest BCUT2D eigenvalue weighted by molar-refractivity contribution is 0.218. The molecule has 0 spiro atoms. The van der Waals surface area contributed by atoms with Crippen LogP contribution in [-0.4, -0.2) is 30.4 Å². The first kappa shape index (κ1) is 10.6. The van der Waals surface area contributed by atoms with Gasteiger partial charge in [-0.05, 0) is 13.8 Å². The van der Waals surface area contributed by atoms with E-state index in [9.17, 15) is 8.42 Å². The number of hydrogen-bond donors (Lipinski definition) is 1. The maximum atomic E-state index is 11.4. The summed E-state index contributed by atoms with van der Waals surface area (Å²) in [5, 5.41) is 10.6. The number of hydrogen-bond acceptors (Lipinski definition) is 5. The molecule has 6 heteroatoms. The van der Waals surface area contributed by atoms with Gasteiger partial charge in [-0.2, -0.15) is 0 Å². The van der Waals surface area contributed by atoms with Crippen LogP contribution >= 0.6 is 11.3 Å². The summed E-state index contributed by atoms with van der Waals surface area (Å²) in [6.07, 6.45) is -0.853. The van der Waals surface area contributed by atoms with Crippen molar-refractivity contribution in [2.75, 3.05) is 5.75 Å². The highest BCUT2D eigenvalue weighted by Gasteiger charge is 2.20. The van der Waals surface area contributed by atoms with Crippen molar-refractivity contribution in [3.05, 3.63) is 11.1 Å². The number of aromatic nitrogens is 1. The summed E-state index contributed by atoms with van der Waals surface area (Å²) in [7, 11) is -3.38. The fraction of sp³-hybridized carbons (Fsp3) is 0.571. The Balaban J connectivity index is 2.95. The molecule has 0 amide bonds. The quantitative estimate of drug-likeness (QED) is 0.812. The lowest BCUT2D eigenvalue weighted by atomic mass is 10.5. The smallest absolute Gasteiger partial charge is 0.209 e. The Hall–Kier alpha value is -0.460. The molecule has 1 unspecified atom stereocenters. The van der Waals surface area contributed by atoms with Gasteiger partial charge in [0, 0.05) is 11.1 Å². The van der Waals surface area contributed by atoms with E-state index in [0.29, 0.717) is 5.69 Å². The first-order valence-corrected chi connectivity index (χ1v) is 6.28. The topological polar surface area (TPSA) is 67.3 Å². The summed E-state index contributed by atoms with van der Waals surface area (Å²) in [5.41, 5.74) is 0.689. The molecule has 0 aliphatic rings. The third kappa shape index (κ3) is 2.75. The molecular formula is C7H11NO3S2. The molecule has 74 valence electrons. The molecule has 0 bridgehead atoms. The van der Waals surface area contributed by atoms with E-state index in [-0.39, 0.29) is 10.1 Å². The molecule has 1 rings (SSSR count). The van der Waals surface area contributed by atoms with Crippen molar-refractivity contribution in [1.29, 1.82) is 0 Å². The molecule has 0 fully saturated rings. The summed E-state index contributed by atoms with van der Waals surface area (Å²) in [4.78, 5) is 3.85. The van der Waals surface area contributed by atoms with Gasteiger partial charge >= 0.3 is 0 Å². The fourth-order valence-electron chi connectivity index (χ4n) is 0.864. The van der Waals surface area contributed by atoms with E-state index in [2.05, 4.69) is 4.98 Å². The number of nitrogens with zero attached hydrogens (tertiary/aromatic N) is 1. The SMILES string of the molecule is Cc1csc(S(=O)(=O)CC(C)O)n1. The molecule has 1 aromatic rings. The van der Waals surface area contributed by atoms with Crippen LogP contribution in [0.3, 0.4) is 0 Å². The zero-order chi connectivity index (χ0) is 10.1. The molecule has 0 saturated carbocycles. The first-order chi connectivity index (χ1) is 5.92. The van der Waals surface area contributed by atoms with Crippen LogP contribution in [0.1, 0.15) is 12.6 Å². The van der Waals surface area contributed by atoms with Crippen molar-refractivity contribution >= 4 is 21.2 Å². The van der Waals surface area contributed by atoms with Crippen LogP contribution in [0.15, 0.2) is 9.72 Å². The van der Waals surface area contributed by atoms with Crippen LogP contribution in [0.4, 0.5) is 0 Å². The number of sulfone groups is 1. The Kier molecular flexibility index (Phi) is 3.05. The maximum absolute atomic E-state index is 11.4. The predicted molar refractivity (Wildman–Crippen MR) is 50.6 cm³/mol. The molecule has 1 aromatic heterocycles. The number of aliphatic hydroxyl groups is 1. The van der Waals surface area contributed by atoms with Crippen molar-refractivity contribution in [3.63, 3.8) is 0 Å². The van der Waals surface area contributed by atoms with Crippen LogP contribution in [0, 0.1) is 6.92 Å². The van der Waals surface area contributed by atoms with Crippen LogP contribution in [0.5, 0.6) is 0 Å². The van der Waals surface area contributed by atoms with Crippen LogP contribution in [-0.2, 0) is 9.84 Å². The molecular weight excluding hydrogens is 210 g/mol. The normalized spacial score (nSPS) is 14.4. The second-order valence-corrected chi connectivity index (χ2v) is 5.95. The van der Waals surface area contributed by atoms with Crippen molar-refractivity contribution in [3.8, 4) is 0 Å². The van der Waals surface area contributed by atoms with Crippen molar-refractivity contribution < 1.29 is 13.5 Å². The van der Waals surface area contributed by atoms with Gasteiger partial charge < -0.3 is 5.11 Å². The summed E-state index contributed by atoms with van der Waals surface area (Å²) >= 11 is 1.09. The first-order valence-electron chi connectivity index (χ1n) is 3.75. The van der Waals surface area contributed by atoms with Gasteiger partial charge in [-0.1, -0.05) is 0 Å². The van der Waals surface area contributed by atoms with Gasteiger partial charge in [-0.3, -0.25) is 0 Å². The second-order valence-electron chi connectivity index (χ2n) is 2.89. The Morgan fingerprint density at radius 3 is 2.69 bits per heavy atom. The zero-order valence-electron chi connectivity index (χ0n) is 7.39. The Morgan fingerprint density at radius 2 is 2.31 bits per heavy atom. The molecule has 0 aromatic carbocycles. The summed E-state index contributed by atoms with van der Waals surface area (Å²) < 4.78 is 23.0. The number of rotatable bonds is 3. The van der Waals surface area contributed by atoms with E-state index in [1.165, 1.54) is 6.92 Å². The Labute approximate surface area is 81.2 Å². The predicted octanol–water partition coefficient (Wildman–Crippen LogP) is 0.606. The van der Waals surface area contributed by atoms with E-state index in [4.69, 9.17) is 5.11 Å². The Bertz CT molecular complexity index is 380. The number of thiazole rings is 1. The van der Waals surface area contributed by atoms with Crippen molar-refractivity contribution in [2.45, 2.75) is 24.3 Å².